The summed E-state index contributed by atoms with van der Waals surface area (Å²) in [5, 5.41) is 12.0. The predicted octanol–water partition coefficient (Wildman–Crippen LogP) is 7.87. The number of nitrogens with zero attached hydrogens (tertiary/aromatic N) is 1. The molecule has 0 unspecified atom stereocenters. The average molecular weight is 571 g/mol. The Bertz CT molecular complexity index is 1320. The van der Waals surface area contributed by atoms with Crippen molar-refractivity contribution in [3.05, 3.63) is 110 Å². The predicted molar refractivity (Wildman–Crippen MR) is 145 cm³/mol. The molecular formula is C27H21BrClNO4S. The van der Waals surface area contributed by atoms with Crippen LogP contribution in [0.1, 0.15) is 18.1 Å². The molecule has 3 aromatic carbocycles. The molecule has 0 saturated carbocycles. The zero-order valence-corrected chi connectivity index (χ0v) is 21.9. The second-order valence-corrected chi connectivity index (χ2v) is 9.79. The molecule has 0 fully saturated rings. The minimum absolute atomic E-state index is 0.0468. The molecule has 35 heavy (non-hydrogen) atoms. The molecule has 0 radical (unpaired) electrons. The Kier molecular flexibility index (Phi) is 8.33. The van der Waals surface area contributed by atoms with E-state index in [9.17, 15) is 9.90 Å². The maximum atomic E-state index is 12.7. The third-order valence-corrected chi connectivity index (χ3v) is 6.69. The number of hydrogen-bond donors (Lipinski definition) is 1. The van der Waals surface area contributed by atoms with Gasteiger partial charge < -0.3 is 14.6 Å². The number of aliphatic imine (C=N–C) groups is 1. The summed E-state index contributed by atoms with van der Waals surface area (Å²) < 4.78 is 12.1. The van der Waals surface area contributed by atoms with Gasteiger partial charge in [-0.2, -0.15) is 0 Å². The number of carbonyl (C=O) groups is 1. The maximum Gasteiger partial charge on any atom is 0.344 e. The maximum absolute atomic E-state index is 12.7. The van der Waals surface area contributed by atoms with Gasteiger partial charge in [-0.1, -0.05) is 69.6 Å². The highest BCUT2D eigenvalue weighted by atomic mass is 79.9. The Labute approximate surface area is 221 Å². The zero-order chi connectivity index (χ0) is 24.8. The number of halogens is 2. The van der Waals surface area contributed by atoms with Crippen molar-refractivity contribution in [1.29, 1.82) is 0 Å². The van der Waals surface area contributed by atoms with E-state index >= 15 is 0 Å². The van der Waals surface area contributed by atoms with Crippen molar-refractivity contribution in [3.8, 4) is 5.75 Å². The van der Waals surface area contributed by atoms with Gasteiger partial charge in [0.15, 0.2) is 0 Å². The summed E-state index contributed by atoms with van der Waals surface area (Å²) in [4.78, 5) is 17.7. The van der Waals surface area contributed by atoms with Gasteiger partial charge in [0.25, 0.3) is 0 Å². The van der Waals surface area contributed by atoms with Crippen LogP contribution < -0.4 is 4.74 Å². The summed E-state index contributed by atoms with van der Waals surface area (Å²) in [6.45, 7) is 2.25. The molecule has 1 N–H and O–H groups in total. The summed E-state index contributed by atoms with van der Waals surface area (Å²) in [5.74, 6) is -0.175. The first-order valence-electron chi connectivity index (χ1n) is 10.8. The van der Waals surface area contributed by atoms with Gasteiger partial charge in [-0.05, 0) is 61.0 Å². The Morgan fingerprint density at radius 1 is 1.11 bits per heavy atom. The van der Waals surface area contributed by atoms with Gasteiger partial charge in [0.1, 0.15) is 28.7 Å². The van der Waals surface area contributed by atoms with Crippen LogP contribution in [0.2, 0.25) is 5.02 Å². The standard InChI is InChI=1S/C27H21BrClNO4S/c1-2-33-27(32)24-25(31)23(35-26(24)30-21-6-4-3-5-7-21)15-18-14-19(28)10-13-22(18)34-16-17-8-11-20(29)12-9-17/h3-15,31H,2,16H2,1H3/b23-15-,30-26?. The molecular weight excluding hydrogens is 550 g/mol. The second kappa shape index (κ2) is 11.6. The van der Waals surface area contributed by atoms with Crippen LogP contribution in [0.3, 0.4) is 0 Å². The SMILES string of the molecule is CCOC(=O)C1=C(O)/C(=C/c2cc(Br)ccc2OCc2ccc(Cl)cc2)SC1=Nc1ccccc1. The third kappa shape index (κ3) is 6.36. The molecule has 0 aliphatic carbocycles. The monoisotopic (exact) mass is 569 g/mol. The van der Waals surface area contributed by atoms with Gasteiger partial charge in [0, 0.05) is 15.1 Å². The molecule has 4 rings (SSSR count). The first-order chi connectivity index (χ1) is 16.9. The molecule has 0 amide bonds. The fraction of sp³-hybridized carbons (Fsp3) is 0.111. The summed E-state index contributed by atoms with van der Waals surface area (Å²) in [6.07, 6.45) is 1.77. The van der Waals surface area contributed by atoms with Crippen molar-refractivity contribution in [2.45, 2.75) is 13.5 Å². The van der Waals surface area contributed by atoms with Crippen LogP contribution in [0.4, 0.5) is 5.69 Å². The third-order valence-electron chi connectivity index (χ3n) is 4.92. The molecule has 0 bridgehead atoms. The van der Waals surface area contributed by atoms with E-state index in [2.05, 4.69) is 20.9 Å². The molecule has 1 aliphatic heterocycles. The normalized spacial score (nSPS) is 15.6. The molecule has 8 heteroatoms. The van der Waals surface area contributed by atoms with E-state index < -0.39 is 5.97 Å². The summed E-state index contributed by atoms with van der Waals surface area (Å²) in [6, 6.07) is 22.3. The molecule has 1 aliphatic rings. The number of aliphatic hydroxyl groups is 1. The van der Waals surface area contributed by atoms with Crippen LogP contribution in [0.5, 0.6) is 5.75 Å². The molecule has 178 valence electrons. The minimum Gasteiger partial charge on any atom is -0.506 e. The molecule has 0 saturated heterocycles. The van der Waals surface area contributed by atoms with E-state index in [-0.39, 0.29) is 17.9 Å². The number of ether oxygens (including phenoxy) is 2. The topological polar surface area (TPSA) is 68.1 Å². The first-order valence-corrected chi connectivity index (χ1v) is 12.7. The molecule has 0 atom stereocenters. The highest BCUT2D eigenvalue weighted by Gasteiger charge is 2.33. The van der Waals surface area contributed by atoms with Gasteiger partial charge in [0.05, 0.1) is 17.2 Å². The van der Waals surface area contributed by atoms with Crippen LogP contribution in [-0.2, 0) is 16.1 Å². The van der Waals surface area contributed by atoms with Gasteiger partial charge in [0.2, 0.25) is 0 Å². The van der Waals surface area contributed by atoms with Gasteiger partial charge in [-0.3, -0.25) is 0 Å². The highest BCUT2D eigenvalue weighted by molar-refractivity contribution is 9.10. The number of thioether (sulfide) groups is 1. The first kappa shape index (κ1) is 25.1. The molecule has 3 aromatic rings. The lowest BCUT2D eigenvalue weighted by atomic mass is 10.1. The fourth-order valence-electron chi connectivity index (χ4n) is 3.26. The lowest BCUT2D eigenvalue weighted by Crippen LogP contribution is -2.12. The number of esters is 1. The zero-order valence-electron chi connectivity index (χ0n) is 18.7. The lowest BCUT2D eigenvalue weighted by Gasteiger charge is -2.11. The van der Waals surface area contributed by atoms with Gasteiger partial charge in [-0.25, -0.2) is 9.79 Å². The van der Waals surface area contributed by atoms with Crippen LogP contribution in [0, 0.1) is 0 Å². The van der Waals surface area contributed by atoms with Gasteiger partial charge >= 0.3 is 5.97 Å². The van der Waals surface area contributed by atoms with Crippen LogP contribution in [0.25, 0.3) is 6.08 Å². The van der Waals surface area contributed by atoms with Crippen molar-refractivity contribution in [2.24, 2.45) is 4.99 Å². The number of carbonyl (C=O) groups excluding carboxylic acids is 1. The molecule has 5 nitrogen and oxygen atoms in total. The number of benzene rings is 3. The summed E-state index contributed by atoms with van der Waals surface area (Å²) in [5.41, 5.74) is 2.41. The second-order valence-electron chi connectivity index (χ2n) is 7.40. The Hall–Kier alpha value is -3.00. The van der Waals surface area contributed by atoms with E-state index in [0.29, 0.717) is 33.0 Å². The highest BCUT2D eigenvalue weighted by Crippen LogP contribution is 2.41. The molecule has 0 spiro atoms. The van der Waals surface area contributed by atoms with Crippen LogP contribution in [-0.4, -0.2) is 22.7 Å². The van der Waals surface area contributed by atoms with Crippen molar-refractivity contribution in [2.75, 3.05) is 6.61 Å². The number of hydrogen-bond acceptors (Lipinski definition) is 6. The van der Waals surface area contributed by atoms with E-state index in [4.69, 9.17) is 21.1 Å². The smallest absolute Gasteiger partial charge is 0.344 e. The van der Waals surface area contributed by atoms with Crippen molar-refractivity contribution in [3.63, 3.8) is 0 Å². The lowest BCUT2D eigenvalue weighted by molar-refractivity contribution is -0.138. The van der Waals surface area contributed by atoms with Crippen LogP contribution >= 0.6 is 39.3 Å². The van der Waals surface area contributed by atoms with E-state index in [0.717, 1.165) is 15.6 Å². The number of aliphatic hydroxyl groups excluding tert-OH is 1. The Balaban J connectivity index is 1.68. The summed E-state index contributed by atoms with van der Waals surface area (Å²) >= 11 is 10.7. The van der Waals surface area contributed by atoms with Crippen molar-refractivity contribution < 1.29 is 19.4 Å². The van der Waals surface area contributed by atoms with Crippen molar-refractivity contribution >= 4 is 62.1 Å². The quantitative estimate of drug-likeness (QED) is 0.293. The Morgan fingerprint density at radius 3 is 2.57 bits per heavy atom. The van der Waals surface area contributed by atoms with Crippen LogP contribution in [0.15, 0.2) is 98.5 Å². The largest absolute Gasteiger partial charge is 0.506 e. The molecule has 1 heterocycles. The van der Waals surface area contributed by atoms with E-state index in [1.807, 2.05) is 72.8 Å². The minimum atomic E-state index is -0.621. The van der Waals surface area contributed by atoms with Crippen molar-refractivity contribution in [1.82, 2.24) is 0 Å². The van der Waals surface area contributed by atoms with E-state index in [1.165, 1.54) is 11.8 Å². The molecule has 0 aromatic heterocycles. The average Bonchev–Trinajstić information content (AvgIpc) is 3.14. The van der Waals surface area contributed by atoms with E-state index in [1.54, 1.807) is 13.0 Å². The van der Waals surface area contributed by atoms with Gasteiger partial charge in [-0.15, -0.1) is 0 Å². The summed E-state index contributed by atoms with van der Waals surface area (Å²) in [7, 11) is 0. The number of para-hydroxylation sites is 1. The Morgan fingerprint density at radius 2 is 1.86 bits per heavy atom. The number of rotatable bonds is 7. The fourth-order valence-corrected chi connectivity index (χ4v) is 4.79.